The van der Waals surface area contributed by atoms with Crippen molar-refractivity contribution >= 4 is 17.6 Å². The summed E-state index contributed by atoms with van der Waals surface area (Å²) in [4.78, 5) is 12.5. The molecule has 1 heterocycles. The molecule has 1 atom stereocenters. The van der Waals surface area contributed by atoms with Crippen LogP contribution in [0.3, 0.4) is 0 Å². The summed E-state index contributed by atoms with van der Waals surface area (Å²) in [5, 5.41) is 2.03. The SMILES string of the molecule is COc1ccccc1C(C=O)Cc1cccs1. The van der Waals surface area contributed by atoms with Gasteiger partial charge in [0.15, 0.2) is 0 Å². The fourth-order valence-electron chi connectivity index (χ4n) is 1.85. The highest BCUT2D eigenvalue weighted by molar-refractivity contribution is 7.09. The van der Waals surface area contributed by atoms with Crippen molar-refractivity contribution in [1.82, 2.24) is 0 Å². The number of methoxy groups -OCH3 is 1. The number of hydrogen-bond acceptors (Lipinski definition) is 3. The van der Waals surface area contributed by atoms with Crippen molar-refractivity contribution in [2.75, 3.05) is 7.11 Å². The summed E-state index contributed by atoms with van der Waals surface area (Å²) in [7, 11) is 1.63. The average Bonchev–Trinajstić information content (AvgIpc) is 2.89. The number of aldehydes is 1. The molecule has 1 aromatic carbocycles. The Morgan fingerprint density at radius 1 is 1.29 bits per heavy atom. The van der Waals surface area contributed by atoms with E-state index in [2.05, 4.69) is 6.07 Å². The van der Waals surface area contributed by atoms with Crippen molar-refractivity contribution in [1.29, 1.82) is 0 Å². The van der Waals surface area contributed by atoms with Gasteiger partial charge in [0.2, 0.25) is 0 Å². The first-order valence-electron chi connectivity index (χ1n) is 5.45. The van der Waals surface area contributed by atoms with Crippen LogP contribution in [0.25, 0.3) is 0 Å². The molecule has 0 saturated heterocycles. The van der Waals surface area contributed by atoms with E-state index >= 15 is 0 Å². The summed E-state index contributed by atoms with van der Waals surface area (Å²) < 4.78 is 5.29. The lowest BCUT2D eigenvalue weighted by molar-refractivity contribution is -0.109. The lowest BCUT2D eigenvalue weighted by atomic mass is 9.95. The Balaban J connectivity index is 2.25. The van der Waals surface area contributed by atoms with Gasteiger partial charge in [-0.1, -0.05) is 24.3 Å². The molecule has 0 N–H and O–H groups in total. The van der Waals surface area contributed by atoms with E-state index in [-0.39, 0.29) is 5.92 Å². The molecule has 2 aromatic rings. The zero-order valence-corrected chi connectivity index (χ0v) is 10.4. The fourth-order valence-corrected chi connectivity index (χ4v) is 2.61. The number of thiophene rings is 1. The van der Waals surface area contributed by atoms with Gasteiger partial charge in [-0.05, 0) is 23.9 Å². The van der Waals surface area contributed by atoms with Crippen LogP contribution >= 0.6 is 11.3 Å². The molecular formula is C14H14O2S. The molecule has 0 bridgehead atoms. The van der Waals surface area contributed by atoms with Crippen molar-refractivity contribution in [3.8, 4) is 5.75 Å². The molecule has 0 spiro atoms. The van der Waals surface area contributed by atoms with Gasteiger partial charge in [-0.15, -0.1) is 11.3 Å². The number of rotatable bonds is 5. The van der Waals surface area contributed by atoms with Gasteiger partial charge < -0.3 is 9.53 Å². The van der Waals surface area contributed by atoms with Crippen LogP contribution in [0.4, 0.5) is 0 Å². The smallest absolute Gasteiger partial charge is 0.127 e. The first-order valence-corrected chi connectivity index (χ1v) is 6.33. The van der Waals surface area contributed by atoms with Gasteiger partial charge in [-0.2, -0.15) is 0 Å². The molecule has 0 aliphatic carbocycles. The van der Waals surface area contributed by atoms with E-state index < -0.39 is 0 Å². The Bertz CT molecular complexity index is 477. The van der Waals surface area contributed by atoms with Crippen LogP contribution in [0, 0.1) is 0 Å². The van der Waals surface area contributed by atoms with E-state index in [0.29, 0.717) is 0 Å². The Hall–Kier alpha value is -1.61. The minimum Gasteiger partial charge on any atom is -0.496 e. The van der Waals surface area contributed by atoms with Gasteiger partial charge in [-0.3, -0.25) is 0 Å². The second kappa shape index (κ2) is 5.64. The van der Waals surface area contributed by atoms with Gasteiger partial charge >= 0.3 is 0 Å². The zero-order valence-electron chi connectivity index (χ0n) is 9.63. The van der Waals surface area contributed by atoms with Crippen molar-refractivity contribution in [2.45, 2.75) is 12.3 Å². The second-order valence-electron chi connectivity index (χ2n) is 3.77. The number of carbonyl (C=O) groups excluding carboxylic acids is 1. The van der Waals surface area contributed by atoms with E-state index in [1.807, 2.05) is 35.7 Å². The van der Waals surface area contributed by atoms with Crippen molar-refractivity contribution < 1.29 is 9.53 Å². The zero-order chi connectivity index (χ0) is 12.1. The molecule has 88 valence electrons. The fraction of sp³-hybridized carbons (Fsp3) is 0.214. The topological polar surface area (TPSA) is 26.3 Å². The highest BCUT2D eigenvalue weighted by Crippen LogP contribution is 2.28. The van der Waals surface area contributed by atoms with E-state index in [1.165, 1.54) is 4.88 Å². The number of hydrogen-bond donors (Lipinski definition) is 0. The maximum Gasteiger partial charge on any atom is 0.127 e. The van der Waals surface area contributed by atoms with Crippen LogP contribution in [0.2, 0.25) is 0 Å². The predicted octanol–water partition coefficient (Wildman–Crippen LogP) is 3.28. The summed E-state index contributed by atoms with van der Waals surface area (Å²) in [5.41, 5.74) is 0.957. The Morgan fingerprint density at radius 3 is 2.76 bits per heavy atom. The number of benzene rings is 1. The van der Waals surface area contributed by atoms with Crippen LogP contribution in [0.1, 0.15) is 16.4 Å². The van der Waals surface area contributed by atoms with E-state index in [1.54, 1.807) is 18.4 Å². The third-order valence-electron chi connectivity index (χ3n) is 2.70. The van der Waals surface area contributed by atoms with Crippen LogP contribution in [0.5, 0.6) is 5.75 Å². The lowest BCUT2D eigenvalue weighted by Gasteiger charge is -2.13. The summed E-state index contributed by atoms with van der Waals surface area (Å²) in [5.74, 6) is 0.644. The molecule has 0 aliphatic heterocycles. The average molecular weight is 246 g/mol. The molecule has 0 aliphatic rings. The largest absolute Gasteiger partial charge is 0.496 e. The summed E-state index contributed by atoms with van der Waals surface area (Å²) >= 11 is 1.68. The summed E-state index contributed by atoms with van der Waals surface area (Å²) in [6, 6.07) is 11.7. The highest BCUT2D eigenvalue weighted by Gasteiger charge is 2.15. The van der Waals surface area contributed by atoms with Crippen molar-refractivity contribution in [2.24, 2.45) is 0 Å². The maximum absolute atomic E-state index is 11.2. The normalized spacial score (nSPS) is 12.1. The second-order valence-corrected chi connectivity index (χ2v) is 4.80. The molecule has 2 rings (SSSR count). The third-order valence-corrected chi connectivity index (χ3v) is 3.60. The first-order chi connectivity index (χ1) is 8.35. The molecule has 0 radical (unpaired) electrons. The molecule has 1 unspecified atom stereocenters. The van der Waals surface area contributed by atoms with Gasteiger partial charge in [-0.25, -0.2) is 0 Å². The van der Waals surface area contributed by atoms with Crippen molar-refractivity contribution in [3.63, 3.8) is 0 Å². The monoisotopic (exact) mass is 246 g/mol. The van der Waals surface area contributed by atoms with Crippen molar-refractivity contribution in [3.05, 3.63) is 52.2 Å². The third kappa shape index (κ3) is 2.74. The van der Waals surface area contributed by atoms with Crippen LogP contribution in [-0.4, -0.2) is 13.4 Å². The Labute approximate surface area is 105 Å². The van der Waals surface area contributed by atoms with Gasteiger partial charge in [0, 0.05) is 16.4 Å². The van der Waals surface area contributed by atoms with E-state index in [4.69, 9.17) is 4.74 Å². The van der Waals surface area contributed by atoms with E-state index in [0.717, 1.165) is 24.0 Å². The van der Waals surface area contributed by atoms with Gasteiger partial charge in [0.1, 0.15) is 12.0 Å². The van der Waals surface area contributed by atoms with E-state index in [9.17, 15) is 4.79 Å². The number of ether oxygens (including phenoxy) is 1. The lowest BCUT2D eigenvalue weighted by Crippen LogP contribution is -2.05. The number of para-hydroxylation sites is 1. The molecule has 0 fully saturated rings. The quantitative estimate of drug-likeness (QED) is 0.757. The summed E-state index contributed by atoms with van der Waals surface area (Å²) in [6.07, 6.45) is 1.74. The van der Waals surface area contributed by atoms with Crippen LogP contribution in [-0.2, 0) is 11.2 Å². The molecule has 1 aromatic heterocycles. The predicted molar refractivity (Wildman–Crippen MR) is 69.8 cm³/mol. The summed E-state index contributed by atoms with van der Waals surface area (Å²) in [6.45, 7) is 0. The highest BCUT2D eigenvalue weighted by atomic mass is 32.1. The first kappa shape index (κ1) is 11.9. The van der Waals surface area contributed by atoms with Gasteiger partial charge in [0.25, 0.3) is 0 Å². The van der Waals surface area contributed by atoms with Gasteiger partial charge in [0.05, 0.1) is 7.11 Å². The van der Waals surface area contributed by atoms with Crippen LogP contribution in [0.15, 0.2) is 41.8 Å². The molecule has 2 nitrogen and oxygen atoms in total. The van der Waals surface area contributed by atoms with Crippen LogP contribution < -0.4 is 4.74 Å². The maximum atomic E-state index is 11.2. The number of carbonyl (C=O) groups is 1. The minimum atomic E-state index is -0.134. The minimum absolute atomic E-state index is 0.134. The molecule has 0 amide bonds. The molecular weight excluding hydrogens is 232 g/mol. The molecule has 0 saturated carbocycles. The standard InChI is InChI=1S/C14H14O2S/c1-16-14-7-3-2-6-13(14)11(10-15)9-12-5-4-8-17-12/h2-8,10-11H,9H2,1H3. The Morgan fingerprint density at radius 2 is 2.12 bits per heavy atom. The molecule has 3 heteroatoms. The molecule has 17 heavy (non-hydrogen) atoms. The Kier molecular flexibility index (Phi) is 3.94.